The quantitative estimate of drug-likeness (QED) is 0.718. The summed E-state index contributed by atoms with van der Waals surface area (Å²) < 4.78 is 2.09. The molecule has 2 aromatic carbocycles. The Morgan fingerprint density at radius 1 is 1.14 bits per heavy atom. The predicted molar refractivity (Wildman–Crippen MR) is 84.3 cm³/mol. The number of rotatable bonds is 1. The van der Waals surface area contributed by atoms with Crippen LogP contribution in [0.1, 0.15) is 17.3 Å². The molecular formula is C16H15N5. The van der Waals surface area contributed by atoms with Crippen LogP contribution in [0.4, 0.5) is 5.95 Å². The third-order valence-corrected chi connectivity index (χ3v) is 3.69. The molecule has 0 amide bonds. The number of nitrogens with two attached hydrogens (primary N) is 1. The molecule has 5 heteroatoms. The lowest BCUT2D eigenvalue weighted by atomic mass is 10.1. The van der Waals surface area contributed by atoms with Crippen LogP contribution < -0.4 is 11.1 Å². The van der Waals surface area contributed by atoms with Crippen LogP contribution in [0.15, 0.2) is 53.5 Å². The molecule has 0 saturated heterocycles. The SMILES string of the molecule is Cc1ccc2nc3n(c2c1)C(c1ccccc1)N=C(N)N3. The van der Waals surface area contributed by atoms with Crippen molar-refractivity contribution in [2.24, 2.45) is 10.7 Å². The Morgan fingerprint density at radius 3 is 2.76 bits per heavy atom. The van der Waals surface area contributed by atoms with E-state index in [1.165, 1.54) is 5.56 Å². The first-order valence-corrected chi connectivity index (χ1v) is 6.86. The second-order valence-electron chi connectivity index (χ2n) is 5.22. The molecule has 0 fully saturated rings. The normalized spacial score (nSPS) is 17.2. The van der Waals surface area contributed by atoms with E-state index in [9.17, 15) is 0 Å². The van der Waals surface area contributed by atoms with Crippen LogP contribution in [0.5, 0.6) is 0 Å². The molecule has 2 heterocycles. The summed E-state index contributed by atoms with van der Waals surface area (Å²) in [6.45, 7) is 2.07. The monoisotopic (exact) mass is 277 g/mol. The van der Waals surface area contributed by atoms with E-state index in [4.69, 9.17) is 5.73 Å². The van der Waals surface area contributed by atoms with Crippen LogP contribution in [-0.2, 0) is 0 Å². The van der Waals surface area contributed by atoms with E-state index in [0.717, 1.165) is 22.5 Å². The zero-order chi connectivity index (χ0) is 14.4. The number of nitrogens with zero attached hydrogens (tertiary/aromatic N) is 3. The fourth-order valence-corrected chi connectivity index (χ4v) is 2.72. The van der Waals surface area contributed by atoms with Crippen molar-refractivity contribution in [3.05, 3.63) is 59.7 Å². The molecule has 3 aromatic rings. The van der Waals surface area contributed by atoms with Crippen molar-refractivity contribution in [2.75, 3.05) is 5.32 Å². The van der Waals surface area contributed by atoms with Gasteiger partial charge in [-0.05, 0) is 30.2 Å². The van der Waals surface area contributed by atoms with Crippen LogP contribution in [0.25, 0.3) is 11.0 Å². The Kier molecular flexibility index (Phi) is 2.47. The van der Waals surface area contributed by atoms with E-state index < -0.39 is 0 Å². The Balaban J connectivity index is 1.99. The van der Waals surface area contributed by atoms with Gasteiger partial charge in [-0.2, -0.15) is 0 Å². The maximum absolute atomic E-state index is 5.91. The molecule has 4 rings (SSSR count). The number of aromatic nitrogens is 2. The maximum Gasteiger partial charge on any atom is 0.212 e. The Bertz CT molecular complexity index is 848. The molecule has 21 heavy (non-hydrogen) atoms. The van der Waals surface area contributed by atoms with Gasteiger partial charge < -0.3 is 5.73 Å². The van der Waals surface area contributed by atoms with Gasteiger partial charge >= 0.3 is 0 Å². The van der Waals surface area contributed by atoms with E-state index in [0.29, 0.717) is 5.96 Å². The maximum atomic E-state index is 5.91. The summed E-state index contributed by atoms with van der Waals surface area (Å²) in [6.07, 6.45) is -0.186. The van der Waals surface area contributed by atoms with Gasteiger partial charge in [-0.1, -0.05) is 36.4 Å². The number of aryl methyl sites for hydroxylation is 1. The van der Waals surface area contributed by atoms with E-state index in [1.807, 2.05) is 24.3 Å². The zero-order valence-electron chi connectivity index (χ0n) is 11.6. The first-order chi connectivity index (χ1) is 10.2. The predicted octanol–water partition coefficient (Wildman–Crippen LogP) is 2.63. The van der Waals surface area contributed by atoms with Crippen molar-refractivity contribution >= 4 is 22.9 Å². The minimum atomic E-state index is -0.186. The van der Waals surface area contributed by atoms with Gasteiger partial charge in [0.05, 0.1) is 11.0 Å². The van der Waals surface area contributed by atoms with Crippen molar-refractivity contribution in [2.45, 2.75) is 13.1 Å². The summed E-state index contributed by atoms with van der Waals surface area (Å²) in [7, 11) is 0. The van der Waals surface area contributed by atoms with Gasteiger partial charge in [0.2, 0.25) is 5.95 Å². The van der Waals surface area contributed by atoms with E-state index >= 15 is 0 Å². The fraction of sp³-hybridized carbons (Fsp3) is 0.125. The molecule has 0 saturated carbocycles. The molecule has 0 spiro atoms. The fourth-order valence-electron chi connectivity index (χ4n) is 2.72. The molecule has 1 aliphatic rings. The lowest BCUT2D eigenvalue weighted by molar-refractivity contribution is 0.626. The molecule has 1 aliphatic heterocycles. The van der Waals surface area contributed by atoms with Gasteiger partial charge in [0, 0.05) is 0 Å². The first-order valence-electron chi connectivity index (χ1n) is 6.86. The van der Waals surface area contributed by atoms with Crippen LogP contribution in [0.2, 0.25) is 0 Å². The van der Waals surface area contributed by atoms with Gasteiger partial charge in [0.15, 0.2) is 12.1 Å². The van der Waals surface area contributed by atoms with E-state index in [1.54, 1.807) is 0 Å². The summed E-state index contributed by atoms with van der Waals surface area (Å²) in [5.41, 5.74) is 10.2. The zero-order valence-corrected chi connectivity index (χ0v) is 11.6. The van der Waals surface area contributed by atoms with E-state index in [-0.39, 0.29) is 6.17 Å². The Morgan fingerprint density at radius 2 is 1.95 bits per heavy atom. The largest absolute Gasteiger partial charge is 0.370 e. The number of imidazole rings is 1. The number of aliphatic imine (C=N–C) groups is 1. The number of hydrogen-bond donors (Lipinski definition) is 2. The molecule has 1 aromatic heterocycles. The van der Waals surface area contributed by atoms with Crippen LogP contribution in [0.3, 0.4) is 0 Å². The van der Waals surface area contributed by atoms with Gasteiger partial charge in [0.25, 0.3) is 0 Å². The summed E-state index contributed by atoms with van der Waals surface area (Å²) >= 11 is 0. The summed E-state index contributed by atoms with van der Waals surface area (Å²) in [6, 6.07) is 16.3. The van der Waals surface area contributed by atoms with Crippen molar-refractivity contribution in [1.29, 1.82) is 0 Å². The molecule has 3 N–H and O–H groups in total. The lowest BCUT2D eigenvalue weighted by Crippen LogP contribution is -2.31. The molecule has 1 atom stereocenters. The third kappa shape index (κ3) is 1.86. The number of fused-ring (bicyclic) bond motifs is 3. The summed E-state index contributed by atoms with van der Waals surface area (Å²) in [5.74, 6) is 1.13. The number of anilines is 1. The smallest absolute Gasteiger partial charge is 0.212 e. The second kappa shape index (κ2) is 4.34. The molecule has 104 valence electrons. The lowest BCUT2D eigenvalue weighted by Gasteiger charge is -2.23. The van der Waals surface area contributed by atoms with Gasteiger partial charge in [-0.25, -0.2) is 9.98 Å². The van der Waals surface area contributed by atoms with Crippen LogP contribution in [0, 0.1) is 6.92 Å². The molecule has 0 bridgehead atoms. The highest BCUT2D eigenvalue weighted by atomic mass is 15.4. The van der Waals surface area contributed by atoms with Gasteiger partial charge in [0.1, 0.15) is 0 Å². The van der Waals surface area contributed by atoms with Gasteiger partial charge in [-0.15, -0.1) is 0 Å². The van der Waals surface area contributed by atoms with Crippen molar-refractivity contribution in [1.82, 2.24) is 9.55 Å². The van der Waals surface area contributed by atoms with E-state index in [2.05, 4.69) is 51.0 Å². The van der Waals surface area contributed by atoms with Crippen LogP contribution >= 0.6 is 0 Å². The summed E-state index contributed by atoms with van der Waals surface area (Å²) in [5, 5.41) is 3.05. The standard InChI is InChI=1S/C16H15N5/c1-10-7-8-12-13(9-10)21-14(11-5-3-2-4-6-11)19-15(17)20-16(21)18-12/h2-9,14H,1H3,(H3,17,18,19,20). The first kappa shape index (κ1) is 12.0. The van der Waals surface area contributed by atoms with Crippen molar-refractivity contribution in [3.63, 3.8) is 0 Å². The highest BCUT2D eigenvalue weighted by Crippen LogP contribution is 2.32. The summed E-state index contributed by atoms with van der Waals surface area (Å²) in [4.78, 5) is 9.16. The number of benzene rings is 2. The molecule has 5 nitrogen and oxygen atoms in total. The minimum Gasteiger partial charge on any atom is -0.370 e. The minimum absolute atomic E-state index is 0.186. The average Bonchev–Trinajstić information content (AvgIpc) is 2.84. The molecule has 1 unspecified atom stereocenters. The molecular weight excluding hydrogens is 262 g/mol. The third-order valence-electron chi connectivity index (χ3n) is 3.69. The second-order valence-corrected chi connectivity index (χ2v) is 5.22. The Labute approximate surface area is 122 Å². The Hall–Kier alpha value is -2.82. The highest BCUT2D eigenvalue weighted by molar-refractivity contribution is 5.94. The number of guanidine groups is 1. The number of nitrogens with one attached hydrogen (secondary N) is 1. The van der Waals surface area contributed by atoms with Gasteiger partial charge in [-0.3, -0.25) is 9.88 Å². The average molecular weight is 277 g/mol. The molecule has 0 aliphatic carbocycles. The van der Waals surface area contributed by atoms with Crippen molar-refractivity contribution < 1.29 is 0 Å². The number of hydrogen-bond acceptors (Lipinski definition) is 4. The van der Waals surface area contributed by atoms with Crippen molar-refractivity contribution in [3.8, 4) is 0 Å². The van der Waals surface area contributed by atoms with Crippen LogP contribution in [-0.4, -0.2) is 15.5 Å². The highest BCUT2D eigenvalue weighted by Gasteiger charge is 2.24. The molecule has 0 radical (unpaired) electrons. The topological polar surface area (TPSA) is 68.2 Å².